The smallest absolute Gasteiger partial charge is 0.305 e. The fourth-order valence-corrected chi connectivity index (χ4v) is 7.36. The number of amides is 1. The number of allylic oxidation sites excluding steroid dienone is 7. The van der Waals surface area contributed by atoms with Gasteiger partial charge in [-0.15, -0.1) is 0 Å². The van der Waals surface area contributed by atoms with E-state index in [0.29, 0.717) is 19.4 Å². The molecular formula is C53H97NO5. The van der Waals surface area contributed by atoms with Gasteiger partial charge in [0.25, 0.3) is 0 Å². The predicted octanol–water partition coefficient (Wildman–Crippen LogP) is 15.1. The second kappa shape index (κ2) is 48.5. The molecule has 59 heavy (non-hydrogen) atoms. The van der Waals surface area contributed by atoms with Crippen molar-refractivity contribution in [3.05, 3.63) is 48.6 Å². The van der Waals surface area contributed by atoms with Gasteiger partial charge in [-0.25, -0.2) is 0 Å². The van der Waals surface area contributed by atoms with Crippen molar-refractivity contribution in [1.82, 2.24) is 5.32 Å². The molecule has 0 saturated heterocycles. The zero-order valence-electron chi connectivity index (χ0n) is 39.0. The summed E-state index contributed by atoms with van der Waals surface area (Å²) in [6.07, 6.45) is 59.6. The van der Waals surface area contributed by atoms with Crippen molar-refractivity contribution in [2.45, 2.75) is 264 Å². The van der Waals surface area contributed by atoms with Gasteiger partial charge in [0.15, 0.2) is 0 Å². The number of hydrogen-bond acceptors (Lipinski definition) is 5. The molecule has 0 aromatic heterocycles. The number of aliphatic hydroxyl groups is 2. The molecule has 0 aliphatic carbocycles. The van der Waals surface area contributed by atoms with Gasteiger partial charge < -0.3 is 20.3 Å². The summed E-state index contributed by atoms with van der Waals surface area (Å²) in [7, 11) is 0. The van der Waals surface area contributed by atoms with E-state index in [1.807, 2.05) is 6.08 Å². The first-order valence-electron chi connectivity index (χ1n) is 25.4. The highest BCUT2D eigenvalue weighted by Crippen LogP contribution is 2.14. The fraction of sp³-hybridized carbons (Fsp3) is 0.811. The molecule has 2 atom stereocenters. The highest BCUT2D eigenvalue weighted by molar-refractivity contribution is 5.76. The van der Waals surface area contributed by atoms with Crippen molar-refractivity contribution in [2.24, 2.45) is 0 Å². The van der Waals surface area contributed by atoms with Gasteiger partial charge >= 0.3 is 5.97 Å². The van der Waals surface area contributed by atoms with Crippen molar-refractivity contribution in [3.8, 4) is 0 Å². The Morgan fingerprint density at radius 3 is 1.34 bits per heavy atom. The topological polar surface area (TPSA) is 95.9 Å². The number of nitrogens with one attached hydrogen (secondary N) is 1. The van der Waals surface area contributed by atoms with E-state index in [9.17, 15) is 19.8 Å². The van der Waals surface area contributed by atoms with E-state index < -0.39 is 12.1 Å². The lowest BCUT2D eigenvalue weighted by Crippen LogP contribution is -2.45. The van der Waals surface area contributed by atoms with E-state index in [1.54, 1.807) is 6.08 Å². The highest BCUT2D eigenvalue weighted by atomic mass is 16.5. The molecule has 1 amide bonds. The summed E-state index contributed by atoms with van der Waals surface area (Å²) in [6, 6.07) is -0.649. The summed E-state index contributed by atoms with van der Waals surface area (Å²) in [5, 5.41) is 23.0. The Morgan fingerprint density at radius 2 is 0.847 bits per heavy atom. The molecule has 0 spiro atoms. The maximum atomic E-state index is 12.4. The van der Waals surface area contributed by atoms with Gasteiger partial charge in [-0.1, -0.05) is 197 Å². The highest BCUT2D eigenvalue weighted by Gasteiger charge is 2.18. The maximum Gasteiger partial charge on any atom is 0.305 e. The van der Waals surface area contributed by atoms with E-state index in [1.165, 1.54) is 141 Å². The van der Waals surface area contributed by atoms with Crippen LogP contribution in [0.1, 0.15) is 251 Å². The van der Waals surface area contributed by atoms with Crippen molar-refractivity contribution in [1.29, 1.82) is 0 Å². The van der Waals surface area contributed by atoms with Crippen LogP contribution in [0.25, 0.3) is 0 Å². The average Bonchev–Trinajstić information content (AvgIpc) is 3.24. The largest absolute Gasteiger partial charge is 0.466 e. The Bertz CT molecular complexity index is 1000. The second-order valence-corrected chi connectivity index (χ2v) is 17.1. The molecule has 0 rings (SSSR count). The van der Waals surface area contributed by atoms with Crippen LogP contribution in [-0.2, 0) is 14.3 Å². The Kier molecular flexibility index (Phi) is 46.7. The third-order valence-electron chi connectivity index (χ3n) is 11.3. The number of aliphatic hydroxyl groups excluding tert-OH is 2. The number of esters is 1. The standard InChI is InChI=1S/C53H97NO5/c1-3-5-7-9-11-13-15-17-18-19-23-27-31-35-39-43-47-53(58)59-48-44-40-36-32-28-24-20-22-26-30-34-38-42-46-52(57)54-50(49-55)51(56)45-41-37-33-29-25-21-16-14-12-10-8-6-4-2/h13,15,18-19,22,26,41,45,50-51,55-56H,3-12,14,16-17,20-21,23-25,27-40,42-44,46-49H2,1-2H3,(H,54,57)/b15-13-,19-18-,26-22-,45-41+. The van der Waals surface area contributed by atoms with Crippen molar-refractivity contribution in [3.63, 3.8) is 0 Å². The predicted molar refractivity (Wildman–Crippen MR) is 255 cm³/mol. The molecule has 0 aromatic rings. The lowest BCUT2D eigenvalue weighted by Gasteiger charge is -2.19. The second-order valence-electron chi connectivity index (χ2n) is 17.1. The number of carbonyl (C=O) groups excluding carboxylic acids is 2. The molecule has 0 radical (unpaired) electrons. The number of hydrogen-bond donors (Lipinski definition) is 3. The van der Waals surface area contributed by atoms with Crippen LogP contribution in [0.5, 0.6) is 0 Å². The summed E-state index contributed by atoms with van der Waals surface area (Å²) < 4.78 is 5.45. The molecule has 0 heterocycles. The average molecular weight is 828 g/mol. The van der Waals surface area contributed by atoms with Crippen LogP contribution in [0.3, 0.4) is 0 Å². The number of unbranched alkanes of at least 4 members (excludes halogenated alkanes) is 29. The normalized spacial score (nSPS) is 13.1. The molecule has 0 aliphatic rings. The summed E-state index contributed by atoms with van der Waals surface area (Å²) in [6.45, 7) is 4.82. The van der Waals surface area contributed by atoms with Gasteiger partial charge in [0.1, 0.15) is 0 Å². The first-order chi connectivity index (χ1) is 29.0. The van der Waals surface area contributed by atoms with Gasteiger partial charge in [0.05, 0.1) is 25.4 Å². The lowest BCUT2D eigenvalue weighted by molar-refractivity contribution is -0.143. The number of ether oxygens (including phenoxy) is 1. The quantitative estimate of drug-likeness (QED) is 0.0323. The third kappa shape index (κ3) is 45.2. The van der Waals surface area contributed by atoms with E-state index in [0.717, 1.165) is 83.5 Å². The van der Waals surface area contributed by atoms with Crippen molar-refractivity contribution < 1.29 is 24.5 Å². The van der Waals surface area contributed by atoms with Crippen LogP contribution in [-0.4, -0.2) is 47.4 Å². The molecule has 0 fully saturated rings. The summed E-state index contributed by atoms with van der Waals surface area (Å²) in [4.78, 5) is 24.4. The zero-order chi connectivity index (χ0) is 43.0. The SMILES string of the molecule is CCCCCC/C=C\C/C=C\CCCCCCCC(=O)OCCCCCCCC/C=C\CCCCCC(=O)NC(CO)C(O)/C=C/CCCCCCCCCCCCC. The third-order valence-corrected chi connectivity index (χ3v) is 11.3. The van der Waals surface area contributed by atoms with Gasteiger partial charge in [0.2, 0.25) is 5.91 Å². The van der Waals surface area contributed by atoms with Crippen LogP contribution >= 0.6 is 0 Å². The molecule has 3 N–H and O–H groups in total. The first-order valence-corrected chi connectivity index (χ1v) is 25.4. The summed E-state index contributed by atoms with van der Waals surface area (Å²) in [5.74, 6) is -0.129. The van der Waals surface area contributed by atoms with Gasteiger partial charge in [-0.05, 0) is 89.9 Å². The van der Waals surface area contributed by atoms with Gasteiger partial charge in [0, 0.05) is 12.8 Å². The Morgan fingerprint density at radius 1 is 0.475 bits per heavy atom. The van der Waals surface area contributed by atoms with Crippen LogP contribution in [0.15, 0.2) is 48.6 Å². The fourth-order valence-electron chi connectivity index (χ4n) is 7.36. The molecule has 2 unspecified atom stereocenters. The molecule has 6 heteroatoms. The van der Waals surface area contributed by atoms with Gasteiger partial charge in [-0.2, -0.15) is 0 Å². The van der Waals surface area contributed by atoms with E-state index in [-0.39, 0.29) is 18.5 Å². The van der Waals surface area contributed by atoms with Crippen LogP contribution in [0, 0.1) is 0 Å². The number of rotatable bonds is 46. The minimum absolute atomic E-state index is 0.0285. The lowest BCUT2D eigenvalue weighted by atomic mass is 10.0. The number of carbonyl (C=O) groups is 2. The summed E-state index contributed by atoms with van der Waals surface area (Å²) in [5.41, 5.74) is 0. The molecular weight excluding hydrogens is 731 g/mol. The van der Waals surface area contributed by atoms with Crippen molar-refractivity contribution >= 4 is 11.9 Å². The molecule has 0 saturated carbocycles. The van der Waals surface area contributed by atoms with E-state index in [2.05, 4.69) is 55.6 Å². The first kappa shape index (κ1) is 56.8. The Balaban J connectivity index is 3.55. The molecule has 6 nitrogen and oxygen atoms in total. The van der Waals surface area contributed by atoms with Crippen LogP contribution in [0.2, 0.25) is 0 Å². The molecule has 0 aliphatic heterocycles. The maximum absolute atomic E-state index is 12.4. The van der Waals surface area contributed by atoms with Crippen LogP contribution in [0.4, 0.5) is 0 Å². The van der Waals surface area contributed by atoms with E-state index in [4.69, 9.17) is 4.74 Å². The molecule has 344 valence electrons. The zero-order valence-corrected chi connectivity index (χ0v) is 39.0. The Labute approximate surface area is 366 Å². The summed E-state index contributed by atoms with van der Waals surface area (Å²) >= 11 is 0. The minimum Gasteiger partial charge on any atom is -0.466 e. The molecule has 0 bridgehead atoms. The Hall–Kier alpha value is -2.18. The van der Waals surface area contributed by atoms with Crippen LogP contribution < -0.4 is 5.32 Å². The van der Waals surface area contributed by atoms with E-state index >= 15 is 0 Å². The minimum atomic E-state index is -0.862. The van der Waals surface area contributed by atoms with Gasteiger partial charge in [-0.3, -0.25) is 9.59 Å². The monoisotopic (exact) mass is 828 g/mol. The molecule has 0 aromatic carbocycles. The van der Waals surface area contributed by atoms with Crippen molar-refractivity contribution in [2.75, 3.05) is 13.2 Å².